The van der Waals surface area contributed by atoms with Crippen molar-refractivity contribution >= 4 is 5.97 Å². The van der Waals surface area contributed by atoms with Gasteiger partial charge in [-0.25, -0.2) is 4.79 Å². The Morgan fingerprint density at radius 1 is 1.45 bits per heavy atom. The van der Waals surface area contributed by atoms with Gasteiger partial charge in [0.2, 0.25) is 0 Å². The van der Waals surface area contributed by atoms with E-state index in [4.69, 9.17) is 9.26 Å². The van der Waals surface area contributed by atoms with Crippen LogP contribution >= 0.6 is 0 Å². The van der Waals surface area contributed by atoms with Gasteiger partial charge in [-0.1, -0.05) is 12.1 Å². The van der Waals surface area contributed by atoms with E-state index in [1.54, 1.807) is 13.8 Å². The molecular weight excluding hydrogens is 303 g/mol. The van der Waals surface area contributed by atoms with E-state index in [0.717, 1.165) is 6.20 Å². The van der Waals surface area contributed by atoms with Crippen LogP contribution in [0.1, 0.15) is 40.0 Å². The molecule has 120 valence electrons. The number of alkyl halides is 3. The second kappa shape index (κ2) is 6.20. The summed E-state index contributed by atoms with van der Waals surface area (Å²) in [5.74, 6) is -0.339. The van der Waals surface area contributed by atoms with Gasteiger partial charge in [-0.3, -0.25) is 5.10 Å². The summed E-state index contributed by atoms with van der Waals surface area (Å²) in [5.41, 5.74) is -0.301. The monoisotopic (exact) mass is 317 g/mol. The summed E-state index contributed by atoms with van der Waals surface area (Å²) >= 11 is 0. The molecule has 2 heterocycles. The summed E-state index contributed by atoms with van der Waals surface area (Å²) in [6.45, 7) is 3.17. The second-order valence-electron chi connectivity index (χ2n) is 4.57. The van der Waals surface area contributed by atoms with Crippen LogP contribution in [0, 0.1) is 6.92 Å². The molecule has 1 N–H and O–H groups in total. The van der Waals surface area contributed by atoms with E-state index in [-0.39, 0.29) is 24.2 Å². The van der Waals surface area contributed by atoms with Crippen LogP contribution in [0.2, 0.25) is 0 Å². The Kier molecular flexibility index (Phi) is 4.53. The van der Waals surface area contributed by atoms with Gasteiger partial charge in [0.15, 0.2) is 0 Å². The second-order valence-corrected chi connectivity index (χ2v) is 4.57. The van der Waals surface area contributed by atoms with Gasteiger partial charge in [-0.15, -0.1) is 0 Å². The Morgan fingerprint density at radius 2 is 2.18 bits per heavy atom. The van der Waals surface area contributed by atoms with Crippen molar-refractivity contribution in [2.24, 2.45) is 0 Å². The minimum Gasteiger partial charge on any atom is -0.462 e. The van der Waals surface area contributed by atoms with Crippen LogP contribution in [0.25, 0.3) is 0 Å². The Morgan fingerprint density at radius 3 is 2.82 bits per heavy atom. The number of carbonyl (C=O) groups excluding carboxylic acids is 1. The summed E-state index contributed by atoms with van der Waals surface area (Å²) in [6, 6.07) is 0. The predicted molar refractivity (Wildman–Crippen MR) is 68.2 cm³/mol. The van der Waals surface area contributed by atoms with Gasteiger partial charge in [0.1, 0.15) is 17.0 Å². The van der Waals surface area contributed by atoms with Crippen molar-refractivity contribution in [1.82, 2.24) is 15.4 Å². The predicted octanol–water partition coefficient (Wildman–Crippen LogP) is 2.69. The number of aromatic amines is 1. The number of halogens is 3. The number of nitrogens with zero attached hydrogens (tertiary/aromatic N) is 2. The van der Waals surface area contributed by atoms with E-state index >= 15 is 0 Å². The van der Waals surface area contributed by atoms with Gasteiger partial charge in [0.25, 0.3) is 0 Å². The van der Waals surface area contributed by atoms with Crippen LogP contribution in [-0.2, 0) is 23.8 Å². The molecule has 0 aromatic carbocycles. The average Bonchev–Trinajstić information content (AvgIpc) is 3.04. The lowest BCUT2D eigenvalue weighted by Gasteiger charge is -2.07. The molecular formula is C13H14F3N3O3. The molecule has 0 amide bonds. The van der Waals surface area contributed by atoms with Gasteiger partial charge < -0.3 is 9.26 Å². The van der Waals surface area contributed by atoms with Gasteiger partial charge in [0.05, 0.1) is 18.5 Å². The largest absolute Gasteiger partial charge is 0.462 e. The maximum Gasteiger partial charge on any atom is 0.433 e. The minimum absolute atomic E-state index is 0.0574. The number of hydrogen-bond acceptors (Lipinski definition) is 5. The minimum atomic E-state index is -4.52. The van der Waals surface area contributed by atoms with E-state index < -0.39 is 17.8 Å². The number of carbonyl (C=O) groups is 1. The molecule has 2 aromatic rings. The first-order valence-electron chi connectivity index (χ1n) is 6.56. The molecule has 6 nitrogen and oxygen atoms in total. The number of esters is 1. The highest BCUT2D eigenvalue weighted by atomic mass is 19.4. The topological polar surface area (TPSA) is 81.0 Å². The lowest BCUT2D eigenvalue weighted by Crippen LogP contribution is -2.13. The zero-order valence-corrected chi connectivity index (χ0v) is 12.0. The Balaban J connectivity index is 1.99. The average molecular weight is 317 g/mol. The summed E-state index contributed by atoms with van der Waals surface area (Å²) in [6.07, 6.45) is -3.06. The molecule has 2 aromatic heterocycles. The smallest absolute Gasteiger partial charge is 0.433 e. The molecule has 0 saturated heterocycles. The van der Waals surface area contributed by atoms with Crippen LogP contribution in [0.4, 0.5) is 13.2 Å². The molecule has 9 heteroatoms. The molecule has 0 aliphatic heterocycles. The lowest BCUT2D eigenvalue weighted by atomic mass is 10.1. The van der Waals surface area contributed by atoms with Crippen LogP contribution in [0.3, 0.4) is 0 Å². The Bertz CT molecular complexity index is 661. The van der Waals surface area contributed by atoms with Gasteiger partial charge >= 0.3 is 12.1 Å². The van der Waals surface area contributed by atoms with Crippen LogP contribution in [-0.4, -0.2) is 27.9 Å². The number of ether oxygens (including phenoxy) is 1. The molecule has 0 spiro atoms. The van der Waals surface area contributed by atoms with Gasteiger partial charge in [-0.05, 0) is 13.3 Å². The highest BCUT2D eigenvalue weighted by Crippen LogP contribution is 2.30. The number of aromatic nitrogens is 3. The maximum atomic E-state index is 12.6. The van der Waals surface area contributed by atoms with Gasteiger partial charge in [0, 0.05) is 12.0 Å². The standard InChI is InChI=1S/C13H14F3N3O3/c1-3-9-10(7(2)22-19-9)12(20)21-5-4-8-6-17-18-11(8)13(14,15)16/h6H,3-5H2,1-2H3,(H,17,18). The highest BCUT2D eigenvalue weighted by molar-refractivity contribution is 5.91. The van der Waals surface area contributed by atoms with E-state index in [1.165, 1.54) is 0 Å². The molecule has 22 heavy (non-hydrogen) atoms. The first-order chi connectivity index (χ1) is 10.3. The summed E-state index contributed by atoms with van der Waals surface area (Å²) in [4.78, 5) is 11.9. The third-order valence-electron chi connectivity index (χ3n) is 3.08. The normalized spacial score (nSPS) is 11.7. The molecule has 2 rings (SSSR count). The Hall–Kier alpha value is -2.32. The zero-order valence-electron chi connectivity index (χ0n) is 12.0. The fourth-order valence-electron chi connectivity index (χ4n) is 1.99. The number of hydrogen-bond donors (Lipinski definition) is 1. The highest BCUT2D eigenvalue weighted by Gasteiger charge is 2.35. The first kappa shape index (κ1) is 16.1. The third-order valence-corrected chi connectivity index (χ3v) is 3.08. The van der Waals surface area contributed by atoms with E-state index in [9.17, 15) is 18.0 Å². The summed E-state index contributed by atoms with van der Waals surface area (Å²) in [7, 11) is 0. The lowest BCUT2D eigenvalue weighted by molar-refractivity contribution is -0.141. The molecule has 0 saturated carbocycles. The van der Waals surface area contributed by atoms with Crippen LogP contribution in [0.15, 0.2) is 10.7 Å². The van der Waals surface area contributed by atoms with Crippen molar-refractivity contribution in [1.29, 1.82) is 0 Å². The SMILES string of the molecule is CCc1noc(C)c1C(=O)OCCc1cn[nH]c1C(F)(F)F. The van der Waals surface area contributed by atoms with Crippen molar-refractivity contribution in [3.8, 4) is 0 Å². The quantitative estimate of drug-likeness (QED) is 0.858. The number of aryl methyl sites for hydroxylation is 2. The van der Waals surface area contributed by atoms with Crippen molar-refractivity contribution < 1.29 is 27.2 Å². The maximum absolute atomic E-state index is 12.6. The van der Waals surface area contributed by atoms with Crippen molar-refractivity contribution in [2.75, 3.05) is 6.61 Å². The van der Waals surface area contributed by atoms with Crippen molar-refractivity contribution in [3.63, 3.8) is 0 Å². The van der Waals surface area contributed by atoms with Gasteiger partial charge in [-0.2, -0.15) is 18.3 Å². The fraction of sp³-hybridized carbons (Fsp3) is 0.462. The molecule has 0 bridgehead atoms. The van der Waals surface area contributed by atoms with E-state index in [1.807, 2.05) is 5.10 Å². The number of rotatable bonds is 5. The zero-order chi connectivity index (χ0) is 16.3. The summed E-state index contributed by atoms with van der Waals surface area (Å²) in [5, 5.41) is 8.99. The van der Waals surface area contributed by atoms with E-state index in [0.29, 0.717) is 17.9 Å². The fourth-order valence-corrected chi connectivity index (χ4v) is 1.99. The number of nitrogens with one attached hydrogen (secondary N) is 1. The molecule has 0 atom stereocenters. The van der Waals surface area contributed by atoms with Crippen LogP contribution < -0.4 is 0 Å². The number of H-pyrrole nitrogens is 1. The molecule has 0 unspecified atom stereocenters. The molecule has 0 aliphatic carbocycles. The third kappa shape index (κ3) is 3.29. The molecule has 0 fully saturated rings. The Labute approximate surface area is 123 Å². The molecule has 0 aliphatic rings. The summed E-state index contributed by atoms with van der Waals surface area (Å²) < 4.78 is 47.8. The van der Waals surface area contributed by atoms with E-state index in [2.05, 4.69) is 10.3 Å². The molecule has 0 radical (unpaired) electrons. The first-order valence-corrected chi connectivity index (χ1v) is 6.56. The van der Waals surface area contributed by atoms with Crippen molar-refractivity contribution in [3.05, 3.63) is 34.5 Å². The van der Waals surface area contributed by atoms with Crippen LogP contribution in [0.5, 0.6) is 0 Å². The van der Waals surface area contributed by atoms with Crippen molar-refractivity contribution in [2.45, 2.75) is 32.9 Å².